The lowest BCUT2D eigenvalue weighted by Gasteiger charge is -2.36. The van der Waals surface area contributed by atoms with Crippen LogP contribution < -0.4 is 4.74 Å². The van der Waals surface area contributed by atoms with Crippen LogP contribution in [0.25, 0.3) is 0 Å². The second-order valence-electron chi connectivity index (χ2n) is 8.18. The summed E-state index contributed by atoms with van der Waals surface area (Å²) in [4.78, 5) is 29.2. The lowest BCUT2D eigenvalue weighted by atomic mass is 9.89. The van der Waals surface area contributed by atoms with Gasteiger partial charge in [0.15, 0.2) is 6.61 Å². The lowest BCUT2D eigenvalue weighted by molar-refractivity contribution is -0.152. The van der Waals surface area contributed by atoms with Crippen molar-refractivity contribution in [3.8, 4) is 5.75 Å². The lowest BCUT2D eigenvalue weighted by Crippen LogP contribution is -2.38. The molecule has 0 aromatic heterocycles. The van der Waals surface area contributed by atoms with Gasteiger partial charge in [0.05, 0.1) is 11.6 Å². The number of benzene rings is 3. The van der Waals surface area contributed by atoms with Gasteiger partial charge in [0.25, 0.3) is 0 Å². The Morgan fingerprint density at radius 1 is 1.03 bits per heavy atom. The fourth-order valence-electron chi connectivity index (χ4n) is 4.02. The molecule has 1 aliphatic heterocycles. The molecule has 0 amide bonds. The van der Waals surface area contributed by atoms with E-state index in [0.717, 1.165) is 23.3 Å². The molecule has 0 bridgehead atoms. The molecular weight excluding hydrogens is 515 g/mol. The summed E-state index contributed by atoms with van der Waals surface area (Å²) in [5.74, 6) is -0.912. The summed E-state index contributed by atoms with van der Waals surface area (Å²) in [6.07, 6.45) is -4.98. The molecule has 3 aromatic carbocycles. The number of nitrogens with zero attached hydrogens (tertiary/aromatic N) is 1. The molecule has 194 valence electrons. The van der Waals surface area contributed by atoms with E-state index in [1.807, 2.05) is 24.3 Å². The summed E-state index contributed by atoms with van der Waals surface area (Å²) in [7, 11) is 0. The van der Waals surface area contributed by atoms with Crippen LogP contribution in [-0.4, -0.2) is 35.4 Å². The zero-order chi connectivity index (χ0) is 26.6. The number of carbonyl (C=O) groups is 2. The van der Waals surface area contributed by atoms with Crippen LogP contribution in [0.2, 0.25) is 5.02 Å². The minimum atomic E-state index is -4.47. The van der Waals surface area contributed by atoms with Crippen molar-refractivity contribution in [2.45, 2.75) is 25.2 Å². The summed E-state index contributed by atoms with van der Waals surface area (Å²) in [6, 6.07) is 15.7. The number of halogens is 4. The number of fused-ring (bicyclic) bond motifs is 1. The smallest absolute Gasteiger partial charge is 0.482 e. The molecule has 1 aliphatic rings. The summed E-state index contributed by atoms with van der Waals surface area (Å²) in [5.41, 5.74) is 1.82. The summed E-state index contributed by atoms with van der Waals surface area (Å²) >= 11 is 6.24. The van der Waals surface area contributed by atoms with Crippen molar-refractivity contribution in [1.82, 2.24) is 5.06 Å². The van der Waals surface area contributed by atoms with Crippen molar-refractivity contribution in [1.29, 1.82) is 0 Å². The number of hydrogen-bond donors (Lipinski definition) is 1. The molecule has 0 fully saturated rings. The molecule has 37 heavy (non-hydrogen) atoms. The first kappa shape index (κ1) is 26.3. The first-order chi connectivity index (χ1) is 17.6. The second kappa shape index (κ2) is 11.1. The highest BCUT2D eigenvalue weighted by Crippen LogP contribution is 2.40. The zero-order valence-electron chi connectivity index (χ0n) is 19.2. The van der Waals surface area contributed by atoms with Crippen LogP contribution in [0.15, 0.2) is 66.7 Å². The third kappa shape index (κ3) is 6.52. The predicted molar refractivity (Wildman–Crippen MR) is 126 cm³/mol. The van der Waals surface area contributed by atoms with Crippen LogP contribution in [0, 0.1) is 0 Å². The SMILES string of the molecule is O=C(O)COc1ccc(Cl)cc1C1c2ccccc2CCN1OC(=O)OCc1ccc(C(F)(F)F)cc1. The fourth-order valence-corrected chi connectivity index (χ4v) is 4.20. The average molecular weight is 536 g/mol. The van der Waals surface area contributed by atoms with Crippen molar-refractivity contribution in [3.05, 3.63) is 99.6 Å². The molecule has 1 N–H and O–H groups in total. The third-order valence-electron chi connectivity index (χ3n) is 5.69. The predicted octanol–water partition coefficient (Wildman–Crippen LogP) is 6.04. The van der Waals surface area contributed by atoms with Gasteiger partial charge >= 0.3 is 18.3 Å². The maximum Gasteiger partial charge on any atom is 0.528 e. The van der Waals surface area contributed by atoms with E-state index in [2.05, 4.69) is 0 Å². The Balaban J connectivity index is 1.55. The van der Waals surface area contributed by atoms with Crippen LogP contribution in [0.3, 0.4) is 0 Å². The molecule has 0 spiro atoms. The maximum absolute atomic E-state index is 12.8. The third-order valence-corrected chi connectivity index (χ3v) is 5.92. The molecule has 0 radical (unpaired) electrons. The number of alkyl halides is 3. The Bertz CT molecular complexity index is 1280. The number of ether oxygens (including phenoxy) is 2. The maximum atomic E-state index is 12.8. The molecule has 0 saturated heterocycles. The highest BCUT2D eigenvalue weighted by Gasteiger charge is 2.34. The van der Waals surface area contributed by atoms with E-state index in [9.17, 15) is 22.8 Å². The molecule has 1 unspecified atom stereocenters. The molecule has 7 nitrogen and oxygen atoms in total. The normalized spacial score (nSPS) is 15.5. The number of hydrogen-bond acceptors (Lipinski definition) is 6. The van der Waals surface area contributed by atoms with E-state index in [1.165, 1.54) is 17.2 Å². The van der Waals surface area contributed by atoms with E-state index in [4.69, 9.17) is 31.0 Å². The summed E-state index contributed by atoms with van der Waals surface area (Å²) in [5, 5.41) is 10.8. The van der Waals surface area contributed by atoms with Crippen molar-refractivity contribution in [2.24, 2.45) is 0 Å². The highest BCUT2D eigenvalue weighted by molar-refractivity contribution is 6.30. The zero-order valence-corrected chi connectivity index (χ0v) is 20.0. The van der Waals surface area contributed by atoms with Crippen LogP contribution >= 0.6 is 11.6 Å². The van der Waals surface area contributed by atoms with E-state index < -0.39 is 36.5 Å². The number of hydroxylamine groups is 2. The Kier molecular flexibility index (Phi) is 7.89. The summed E-state index contributed by atoms with van der Waals surface area (Å²) in [6.45, 7) is -0.600. The van der Waals surface area contributed by atoms with Crippen molar-refractivity contribution in [2.75, 3.05) is 13.2 Å². The number of aliphatic carboxylic acids is 1. The van der Waals surface area contributed by atoms with Gasteiger partial charge in [0, 0.05) is 17.1 Å². The van der Waals surface area contributed by atoms with Gasteiger partial charge in [0.2, 0.25) is 0 Å². The largest absolute Gasteiger partial charge is 0.528 e. The van der Waals surface area contributed by atoms with Gasteiger partial charge in [0.1, 0.15) is 12.4 Å². The van der Waals surface area contributed by atoms with Gasteiger partial charge in [-0.05, 0) is 53.4 Å². The van der Waals surface area contributed by atoms with Crippen molar-refractivity contribution in [3.63, 3.8) is 0 Å². The van der Waals surface area contributed by atoms with Gasteiger partial charge < -0.3 is 19.4 Å². The standard InChI is InChI=1S/C26H21ClF3NO6/c27-19-9-10-22(35-15-23(32)33)21(13-19)24-20-4-2-1-3-17(20)11-12-31(24)37-25(34)36-14-16-5-7-18(8-6-16)26(28,29)30/h1-10,13,24H,11-12,14-15H2,(H,32,33). The average Bonchev–Trinajstić information content (AvgIpc) is 2.86. The van der Waals surface area contributed by atoms with Gasteiger partial charge in [-0.25, -0.2) is 9.59 Å². The van der Waals surface area contributed by atoms with Gasteiger partial charge in [-0.15, -0.1) is 5.06 Å². The van der Waals surface area contributed by atoms with E-state index in [1.54, 1.807) is 18.2 Å². The first-order valence-electron chi connectivity index (χ1n) is 11.1. The molecule has 0 saturated carbocycles. The number of rotatable bonds is 7. The number of carbonyl (C=O) groups excluding carboxylic acids is 1. The van der Waals surface area contributed by atoms with E-state index in [0.29, 0.717) is 22.6 Å². The molecule has 0 aliphatic carbocycles. The minimum absolute atomic E-state index is 0.250. The fraction of sp³-hybridized carbons (Fsp3) is 0.231. The second-order valence-corrected chi connectivity index (χ2v) is 8.62. The molecule has 11 heteroatoms. The van der Waals surface area contributed by atoms with Crippen molar-refractivity contribution < 1.29 is 42.2 Å². The van der Waals surface area contributed by atoms with Crippen LogP contribution in [0.4, 0.5) is 18.0 Å². The van der Waals surface area contributed by atoms with Gasteiger partial charge in [-0.3, -0.25) is 0 Å². The van der Waals surface area contributed by atoms with Crippen LogP contribution in [0.5, 0.6) is 5.75 Å². The van der Waals surface area contributed by atoms with Crippen LogP contribution in [0.1, 0.15) is 33.9 Å². The Morgan fingerprint density at radius 3 is 2.46 bits per heavy atom. The quantitative estimate of drug-likeness (QED) is 0.369. The molecule has 1 heterocycles. The van der Waals surface area contributed by atoms with Gasteiger partial charge in [-0.1, -0.05) is 48.0 Å². The number of carboxylic acids is 1. The van der Waals surface area contributed by atoms with Crippen molar-refractivity contribution >= 4 is 23.7 Å². The molecular formula is C26H21ClF3NO6. The first-order valence-corrected chi connectivity index (χ1v) is 11.5. The molecule has 1 atom stereocenters. The topological polar surface area (TPSA) is 85.3 Å². The number of carboxylic acid groups (broad SMARTS) is 1. The van der Waals surface area contributed by atoms with Gasteiger partial charge in [-0.2, -0.15) is 13.2 Å². The Morgan fingerprint density at radius 2 is 1.76 bits per heavy atom. The molecule has 3 aromatic rings. The Labute approximate surface area is 214 Å². The Hall–Kier alpha value is -3.76. The molecule has 4 rings (SSSR count). The van der Waals surface area contributed by atoms with Crippen LogP contribution in [-0.2, 0) is 33.6 Å². The highest BCUT2D eigenvalue weighted by atomic mass is 35.5. The van der Waals surface area contributed by atoms with E-state index >= 15 is 0 Å². The minimum Gasteiger partial charge on any atom is -0.482 e. The monoisotopic (exact) mass is 535 g/mol. The van der Waals surface area contributed by atoms with E-state index in [-0.39, 0.29) is 18.9 Å². The summed E-state index contributed by atoms with van der Waals surface area (Å²) < 4.78 is 48.9.